The van der Waals surface area contributed by atoms with Gasteiger partial charge in [0.25, 0.3) is 0 Å². The maximum Gasteiger partial charge on any atom is 0.394 e. The zero-order valence-corrected chi connectivity index (χ0v) is 18.9. The van der Waals surface area contributed by atoms with Gasteiger partial charge in [-0.15, -0.1) is 13.2 Å². The van der Waals surface area contributed by atoms with E-state index >= 15 is 0 Å². The second kappa shape index (κ2) is 27.1. The van der Waals surface area contributed by atoms with Gasteiger partial charge in [-0.05, 0) is 0 Å². The molecular formula is C18H40N2O10S. The maximum absolute atomic E-state index is 8.74. The molecule has 0 aliphatic heterocycles. The highest BCUT2D eigenvalue weighted by Gasteiger charge is 2.02. The molecule has 31 heavy (non-hydrogen) atoms. The van der Waals surface area contributed by atoms with Gasteiger partial charge in [0.15, 0.2) is 0 Å². The van der Waals surface area contributed by atoms with Gasteiger partial charge >= 0.3 is 10.4 Å². The number of aliphatic hydroxyl groups excluding tert-OH is 4. The Labute approximate surface area is 185 Å². The van der Waals surface area contributed by atoms with Crippen molar-refractivity contribution in [3.8, 4) is 0 Å². The van der Waals surface area contributed by atoms with Crippen LogP contribution in [0.4, 0.5) is 0 Å². The molecule has 0 saturated carbocycles. The molecule has 12 nitrogen and oxygen atoms in total. The van der Waals surface area contributed by atoms with Crippen LogP contribution in [0.3, 0.4) is 0 Å². The van der Waals surface area contributed by atoms with E-state index in [-0.39, 0.29) is 26.4 Å². The molecule has 0 aliphatic rings. The van der Waals surface area contributed by atoms with Crippen molar-refractivity contribution in [3.63, 3.8) is 0 Å². The quantitative estimate of drug-likeness (QED) is 0.0751. The Balaban J connectivity index is -0.000000416. The third kappa shape index (κ3) is 40.0. The van der Waals surface area contributed by atoms with E-state index in [4.69, 9.17) is 47.4 Å². The summed E-state index contributed by atoms with van der Waals surface area (Å²) in [5.41, 5.74) is 0. The second-order valence-electron chi connectivity index (χ2n) is 5.75. The van der Waals surface area contributed by atoms with Gasteiger partial charge in [-0.3, -0.25) is 18.9 Å². The van der Waals surface area contributed by atoms with E-state index in [1.54, 1.807) is 12.2 Å². The van der Waals surface area contributed by atoms with Gasteiger partial charge < -0.3 is 29.9 Å². The molecule has 0 aromatic rings. The van der Waals surface area contributed by atoms with E-state index in [1.807, 2.05) is 9.80 Å². The number of aliphatic hydroxyl groups is 4. The largest absolute Gasteiger partial charge is 0.395 e. The van der Waals surface area contributed by atoms with Crippen LogP contribution in [0.5, 0.6) is 0 Å². The van der Waals surface area contributed by atoms with Crippen LogP contribution in [-0.4, -0.2) is 140 Å². The first-order valence-electron chi connectivity index (χ1n) is 9.65. The van der Waals surface area contributed by atoms with Gasteiger partial charge in [-0.2, -0.15) is 8.42 Å². The molecule has 0 amide bonds. The summed E-state index contributed by atoms with van der Waals surface area (Å²) >= 11 is 0. The first kappa shape index (κ1) is 34.6. The maximum atomic E-state index is 8.74. The summed E-state index contributed by atoms with van der Waals surface area (Å²) in [6.45, 7) is 13.6. The van der Waals surface area contributed by atoms with Crippen LogP contribution in [0.25, 0.3) is 0 Å². The third-order valence-corrected chi connectivity index (χ3v) is 3.24. The molecule has 0 saturated heterocycles. The predicted octanol–water partition coefficient (Wildman–Crippen LogP) is -1.70. The summed E-state index contributed by atoms with van der Waals surface area (Å²) in [6, 6.07) is 0. The zero-order valence-electron chi connectivity index (χ0n) is 18.1. The summed E-state index contributed by atoms with van der Waals surface area (Å²) in [5, 5.41) is 34.7. The Kier molecular flexibility index (Phi) is 30.2. The Morgan fingerprint density at radius 1 is 0.645 bits per heavy atom. The molecule has 0 aliphatic carbocycles. The fourth-order valence-electron chi connectivity index (χ4n) is 1.96. The van der Waals surface area contributed by atoms with E-state index in [0.717, 1.165) is 13.1 Å². The molecule has 0 radical (unpaired) electrons. The lowest BCUT2D eigenvalue weighted by Crippen LogP contribution is -2.32. The standard InChI is InChI=1S/2C9H19NO3.H2O4S/c2*1-2-8-13-9-5-10(3-6-11)4-7-12;1-5(2,3)4/h2*2,11-12H,1,3-9H2;(H2,1,2,3,4). The normalized spacial score (nSPS) is 10.8. The van der Waals surface area contributed by atoms with Gasteiger partial charge in [0.1, 0.15) is 0 Å². The smallest absolute Gasteiger partial charge is 0.394 e. The summed E-state index contributed by atoms with van der Waals surface area (Å²) in [4.78, 5) is 3.90. The van der Waals surface area contributed by atoms with Crippen molar-refractivity contribution in [1.29, 1.82) is 0 Å². The van der Waals surface area contributed by atoms with Gasteiger partial charge in [0.05, 0.1) is 52.9 Å². The lowest BCUT2D eigenvalue weighted by Gasteiger charge is -2.19. The molecule has 188 valence electrons. The van der Waals surface area contributed by atoms with Crippen molar-refractivity contribution in [3.05, 3.63) is 25.3 Å². The molecular weight excluding hydrogens is 436 g/mol. The molecule has 0 bridgehead atoms. The van der Waals surface area contributed by atoms with Crippen molar-refractivity contribution in [2.45, 2.75) is 0 Å². The fourth-order valence-corrected chi connectivity index (χ4v) is 1.96. The lowest BCUT2D eigenvalue weighted by atomic mass is 10.4. The van der Waals surface area contributed by atoms with Crippen LogP contribution in [0.15, 0.2) is 25.3 Å². The Hall–Kier alpha value is -0.970. The summed E-state index contributed by atoms with van der Waals surface area (Å²) in [7, 11) is -4.67. The van der Waals surface area contributed by atoms with Crippen LogP contribution < -0.4 is 0 Å². The number of hydrogen-bond acceptors (Lipinski definition) is 10. The van der Waals surface area contributed by atoms with Gasteiger partial charge in [0.2, 0.25) is 0 Å². The topological polar surface area (TPSA) is 180 Å². The molecule has 0 aromatic heterocycles. The minimum atomic E-state index is -4.67. The molecule has 0 spiro atoms. The number of hydrogen-bond donors (Lipinski definition) is 6. The highest BCUT2D eigenvalue weighted by atomic mass is 32.3. The van der Waals surface area contributed by atoms with Gasteiger partial charge in [-0.25, -0.2) is 0 Å². The van der Waals surface area contributed by atoms with E-state index in [1.165, 1.54) is 0 Å². The minimum absolute atomic E-state index is 0.113. The average molecular weight is 477 g/mol. The Bertz CT molecular complexity index is 432. The van der Waals surface area contributed by atoms with Crippen molar-refractivity contribution >= 4 is 10.4 Å². The minimum Gasteiger partial charge on any atom is -0.395 e. The molecule has 0 rings (SSSR count). The average Bonchev–Trinajstić information content (AvgIpc) is 2.68. The summed E-state index contributed by atoms with van der Waals surface area (Å²) in [6.07, 6.45) is 3.39. The van der Waals surface area contributed by atoms with Crippen LogP contribution in [0, 0.1) is 0 Å². The van der Waals surface area contributed by atoms with Crippen molar-refractivity contribution in [1.82, 2.24) is 9.80 Å². The van der Waals surface area contributed by atoms with Crippen molar-refractivity contribution in [2.24, 2.45) is 0 Å². The molecule has 0 fully saturated rings. The highest BCUT2D eigenvalue weighted by molar-refractivity contribution is 7.79. The molecule has 0 unspecified atom stereocenters. The number of ether oxygens (including phenoxy) is 2. The van der Waals surface area contributed by atoms with Crippen LogP contribution >= 0.6 is 0 Å². The zero-order chi connectivity index (χ0) is 24.4. The second-order valence-corrected chi connectivity index (χ2v) is 6.65. The molecule has 6 N–H and O–H groups in total. The van der Waals surface area contributed by atoms with Gasteiger partial charge in [0, 0.05) is 39.3 Å². The van der Waals surface area contributed by atoms with Crippen molar-refractivity contribution in [2.75, 3.05) is 92.1 Å². The fraction of sp³-hybridized carbons (Fsp3) is 0.778. The number of nitrogens with zero attached hydrogens (tertiary/aromatic N) is 2. The summed E-state index contributed by atoms with van der Waals surface area (Å²) in [5.74, 6) is 0. The van der Waals surface area contributed by atoms with E-state index in [9.17, 15) is 0 Å². The predicted molar refractivity (Wildman–Crippen MR) is 117 cm³/mol. The first-order chi connectivity index (χ1) is 14.7. The van der Waals surface area contributed by atoms with E-state index in [2.05, 4.69) is 13.2 Å². The monoisotopic (exact) mass is 476 g/mol. The molecule has 0 heterocycles. The summed E-state index contributed by atoms with van der Waals surface area (Å²) < 4.78 is 41.9. The molecule has 13 heteroatoms. The van der Waals surface area contributed by atoms with Crippen LogP contribution in [0.1, 0.15) is 0 Å². The van der Waals surface area contributed by atoms with Crippen molar-refractivity contribution < 1.29 is 47.4 Å². The molecule has 0 atom stereocenters. The Morgan fingerprint density at radius 2 is 0.903 bits per heavy atom. The van der Waals surface area contributed by atoms with Crippen LogP contribution in [0.2, 0.25) is 0 Å². The van der Waals surface area contributed by atoms with E-state index < -0.39 is 10.4 Å². The number of rotatable bonds is 18. The van der Waals surface area contributed by atoms with Crippen LogP contribution in [-0.2, 0) is 19.9 Å². The highest BCUT2D eigenvalue weighted by Crippen LogP contribution is 1.88. The third-order valence-electron chi connectivity index (χ3n) is 3.24. The first-order valence-corrected chi connectivity index (χ1v) is 11.0. The van der Waals surface area contributed by atoms with E-state index in [0.29, 0.717) is 52.6 Å². The Morgan fingerprint density at radius 3 is 1.10 bits per heavy atom. The van der Waals surface area contributed by atoms with Gasteiger partial charge in [-0.1, -0.05) is 12.2 Å². The lowest BCUT2D eigenvalue weighted by molar-refractivity contribution is 0.101. The molecule has 0 aromatic carbocycles. The SMILES string of the molecule is C=CCOCCN(CCO)CCO.C=CCOCCN(CCO)CCO.O=S(=O)(O)O.